The van der Waals surface area contributed by atoms with Crippen molar-refractivity contribution in [3.8, 4) is 0 Å². The molecule has 0 atom stereocenters. The molecule has 0 aliphatic heterocycles. The number of aliphatic hydroxyl groups is 1. The maximum atomic E-state index is 13.4. The minimum absolute atomic E-state index is 0.0126. The minimum atomic E-state index is -0.951. The summed E-state index contributed by atoms with van der Waals surface area (Å²) in [7, 11) is 0. The number of rotatable bonds is 4. The summed E-state index contributed by atoms with van der Waals surface area (Å²) in [5, 5.41) is 11.6. The van der Waals surface area contributed by atoms with Crippen LogP contribution in [0.3, 0.4) is 0 Å². The Hall–Kier alpha value is -1.69. The molecule has 98 valence electrons. The standard InChI is InChI=1S/C12H14F2N2O2/c13-8-4-9(14)10(15)3-7(8)11(18)16-5-12(6-17)1-2-12/h3-4,17H,1-2,5-6,15H2,(H,16,18). The van der Waals surface area contributed by atoms with Gasteiger partial charge in [-0.1, -0.05) is 0 Å². The molecule has 2 rings (SSSR count). The van der Waals surface area contributed by atoms with E-state index in [-0.39, 0.29) is 29.8 Å². The van der Waals surface area contributed by atoms with Gasteiger partial charge in [-0.2, -0.15) is 0 Å². The molecule has 1 aromatic carbocycles. The van der Waals surface area contributed by atoms with Crippen molar-refractivity contribution in [1.82, 2.24) is 5.32 Å². The number of carbonyl (C=O) groups excluding carboxylic acids is 1. The van der Waals surface area contributed by atoms with E-state index in [0.717, 1.165) is 18.9 Å². The quantitative estimate of drug-likeness (QED) is 0.705. The molecule has 0 aromatic heterocycles. The van der Waals surface area contributed by atoms with Gasteiger partial charge in [-0.15, -0.1) is 0 Å². The van der Waals surface area contributed by atoms with Crippen LogP contribution in [0.2, 0.25) is 0 Å². The highest BCUT2D eigenvalue weighted by molar-refractivity contribution is 5.95. The lowest BCUT2D eigenvalue weighted by molar-refractivity contribution is 0.0931. The average Bonchev–Trinajstić information content (AvgIpc) is 3.11. The first kappa shape index (κ1) is 12.8. The normalized spacial score (nSPS) is 16.4. The number of halogens is 2. The topological polar surface area (TPSA) is 75.4 Å². The molecule has 1 aliphatic rings. The molecule has 1 aromatic rings. The van der Waals surface area contributed by atoms with Crippen LogP contribution in [-0.4, -0.2) is 24.2 Å². The molecule has 0 radical (unpaired) electrons. The maximum absolute atomic E-state index is 13.4. The van der Waals surface area contributed by atoms with Gasteiger partial charge in [0.25, 0.3) is 5.91 Å². The number of benzene rings is 1. The van der Waals surface area contributed by atoms with E-state index in [0.29, 0.717) is 6.07 Å². The largest absolute Gasteiger partial charge is 0.396 e. The van der Waals surface area contributed by atoms with Gasteiger partial charge in [0.1, 0.15) is 11.6 Å². The van der Waals surface area contributed by atoms with Gasteiger partial charge in [0.15, 0.2) is 0 Å². The summed E-state index contributed by atoms with van der Waals surface area (Å²) < 4.78 is 26.3. The first-order valence-corrected chi connectivity index (χ1v) is 5.61. The number of aliphatic hydroxyl groups excluding tert-OH is 1. The van der Waals surface area contributed by atoms with Gasteiger partial charge in [-0.05, 0) is 18.9 Å². The van der Waals surface area contributed by atoms with E-state index in [4.69, 9.17) is 10.8 Å². The molecule has 0 unspecified atom stereocenters. The van der Waals surface area contributed by atoms with Crippen LogP contribution in [0.15, 0.2) is 12.1 Å². The van der Waals surface area contributed by atoms with Crippen LogP contribution in [0.4, 0.5) is 14.5 Å². The van der Waals surface area contributed by atoms with E-state index in [1.54, 1.807) is 0 Å². The predicted octanol–water partition coefficient (Wildman–Crippen LogP) is 1.05. The molecular weight excluding hydrogens is 242 g/mol. The summed E-state index contributed by atoms with van der Waals surface area (Å²) in [6.07, 6.45) is 1.66. The molecule has 0 heterocycles. The van der Waals surface area contributed by atoms with Crippen LogP contribution < -0.4 is 11.1 Å². The number of amides is 1. The number of nitrogens with two attached hydrogens (primary N) is 1. The molecule has 0 bridgehead atoms. The van der Waals surface area contributed by atoms with Crippen LogP contribution in [0, 0.1) is 17.0 Å². The lowest BCUT2D eigenvalue weighted by atomic mass is 10.1. The lowest BCUT2D eigenvalue weighted by Crippen LogP contribution is -2.32. The Morgan fingerprint density at radius 2 is 2.06 bits per heavy atom. The summed E-state index contributed by atoms with van der Waals surface area (Å²) in [5.74, 6) is -2.50. The second-order valence-corrected chi connectivity index (χ2v) is 4.69. The van der Waals surface area contributed by atoms with Gasteiger partial charge in [-0.25, -0.2) is 8.78 Å². The van der Waals surface area contributed by atoms with Crippen LogP contribution in [0.25, 0.3) is 0 Å². The molecular formula is C12H14F2N2O2. The van der Waals surface area contributed by atoms with Crippen LogP contribution in [-0.2, 0) is 0 Å². The zero-order valence-electron chi connectivity index (χ0n) is 9.67. The van der Waals surface area contributed by atoms with E-state index >= 15 is 0 Å². The van der Waals surface area contributed by atoms with E-state index in [2.05, 4.69) is 5.32 Å². The Labute approximate surface area is 103 Å². The SMILES string of the molecule is Nc1cc(C(=O)NCC2(CO)CC2)c(F)cc1F. The Morgan fingerprint density at radius 3 is 2.61 bits per heavy atom. The average molecular weight is 256 g/mol. The van der Waals surface area contributed by atoms with E-state index in [1.165, 1.54) is 0 Å². The third-order valence-electron chi connectivity index (χ3n) is 3.25. The smallest absolute Gasteiger partial charge is 0.254 e. The second-order valence-electron chi connectivity index (χ2n) is 4.69. The molecule has 18 heavy (non-hydrogen) atoms. The summed E-state index contributed by atoms with van der Waals surface area (Å²) in [4.78, 5) is 11.7. The van der Waals surface area contributed by atoms with Gasteiger partial charge in [0.05, 0.1) is 17.9 Å². The summed E-state index contributed by atoms with van der Waals surface area (Å²) in [5.41, 5.74) is 4.46. The highest BCUT2D eigenvalue weighted by Gasteiger charge is 2.42. The lowest BCUT2D eigenvalue weighted by Gasteiger charge is -2.13. The first-order valence-electron chi connectivity index (χ1n) is 5.61. The number of anilines is 1. The van der Waals surface area contributed by atoms with Crippen molar-refractivity contribution in [1.29, 1.82) is 0 Å². The van der Waals surface area contributed by atoms with Crippen LogP contribution in [0.5, 0.6) is 0 Å². The molecule has 1 saturated carbocycles. The van der Waals surface area contributed by atoms with Gasteiger partial charge in [0.2, 0.25) is 0 Å². The number of carbonyl (C=O) groups is 1. The Morgan fingerprint density at radius 1 is 1.39 bits per heavy atom. The number of hydrogen-bond acceptors (Lipinski definition) is 3. The summed E-state index contributed by atoms with van der Waals surface area (Å²) in [6, 6.07) is 1.56. The maximum Gasteiger partial charge on any atom is 0.254 e. The summed E-state index contributed by atoms with van der Waals surface area (Å²) in [6.45, 7) is 0.264. The molecule has 1 amide bonds. The van der Waals surface area contributed by atoms with Crippen molar-refractivity contribution >= 4 is 11.6 Å². The zero-order valence-corrected chi connectivity index (χ0v) is 9.67. The number of nitrogen functional groups attached to an aromatic ring is 1. The molecule has 4 N–H and O–H groups in total. The third-order valence-corrected chi connectivity index (χ3v) is 3.25. The van der Waals surface area contributed by atoms with Crippen molar-refractivity contribution in [3.05, 3.63) is 29.3 Å². The van der Waals surface area contributed by atoms with Crippen molar-refractivity contribution in [3.63, 3.8) is 0 Å². The van der Waals surface area contributed by atoms with Crippen LogP contribution in [0.1, 0.15) is 23.2 Å². The monoisotopic (exact) mass is 256 g/mol. The fourth-order valence-corrected chi connectivity index (χ4v) is 1.67. The molecule has 1 aliphatic carbocycles. The molecule has 0 saturated heterocycles. The minimum Gasteiger partial charge on any atom is -0.396 e. The van der Waals surface area contributed by atoms with Gasteiger partial charge in [0, 0.05) is 18.0 Å². The first-order chi connectivity index (χ1) is 8.47. The molecule has 1 fully saturated rings. The number of hydrogen-bond donors (Lipinski definition) is 3. The Bertz CT molecular complexity index is 487. The van der Waals surface area contributed by atoms with E-state index in [9.17, 15) is 13.6 Å². The van der Waals surface area contributed by atoms with Crippen molar-refractivity contribution in [2.45, 2.75) is 12.8 Å². The van der Waals surface area contributed by atoms with Gasteiger partial charge < -0.3 is 16.2 Å². The fraction of sp³-hybridized carbons (Fsp3) is 0.417. The van der Waals surface area contributed by atoms with Gasteiger partial charge >= 0.3 is 0 Å². The number of nitrogens with one attached hydrogen (secondary N) is 1. The summed E-state index contributed by atoms with van der Waals surface area (Å²) >= 11 is 0. The molecule has 4 nitrogen and oxygen atoms in total. The molecule has 0 spiro atoms. The van der Waals surface area contributed by atoms with E-state index < -0.39 is 17.5 Å². The molecule has 6 heteroatoms. The Kier molecular flexibility index (Phi) is 3.21. The highest BCUT2D eigenvalue weighted by Crippen LogP contribution is 2.44. The Balaban J connectivity index is 2.07. The third kappa shape index (κ3) is 2.43. The van der Waals surface area contributed by atoms with Crippen LogP contribution >= 0.6 is 0 Å². The van der Waals surface area contributed by atoms with Crippen molar-refractivity contribution in [2.24, 2.45) is 5.41 Å². The fourth-order valence-electron chi connectivity index (χ4n) is 1.67. The zero-order chi connectivity index (χ0) is 13.3. The van der Waals surface area contributed by atoms with Gasteiger partial charge in [-0.3, -0.25) is 4.79 Å². The van der Waals surface area contributed by atoms with E-state index in [1.807, 2.05) is 0 Å². The highest BCUT2D eigenvalue weighted by atomic mass is 19.1. The second kappa shape index (κ2) is 4.53. The van der Waals surface area contributed by atoms with Crippen molar-refractivity contribution in [2.75, 3.05) is 18.9 Å². The predicted molar refractivity (Wildman–Crippen MR) is 61.9 cm³/mol. The van der Waals surface area contributed by atoms with Crippen molar-refractivity contribution < 1.29 is 18.7 Å².